The monoisotopic (exact) mass is 447 g/mol. The van der Waals surface area contributed by atoms with Gasteiger partial charge in [0, 0.05) is 45.0 Å². The van der Waals surface area contributed by atoms with Gasteiger partial charge in [0.2, 0.25) is 15.9 Å². The molecule has 0 unspecified atom stereocenters. The lowest BCUT2D eigenvalue weighted by atomic mass is 10.2. The molecule has 1 heterocycles. The fourth-order valence-electron chi connectivity index (χ4n) is 3.34. The number of sulfonamides is 1. The van der Waals surface area contributed by atoms with Gasteiger partial charge in [-0.05, 0) is 11.1 Å². The lowest BCUT2D eigenvalue weighted by Crippen LogP contribution is -2.49. The first-order valence-electron chi connectivity index (χ1n) is 10.2. The molecule has 2 aromatic rings. The van der Waals surface area contributed by atoms with Crippen LogP contribution in [0.1, 0.15) is 11.1 Å². The fraction of sp³-hybridized carbons (Fsp3) is 0.409. The van der Waals surface area contributed by atoms with Gasteiger partial charge in [0.15, 0.2) is 0 Å². The molecular formula is C22H29N3O3S2. The quantitative estimate of drug-likeness (QED) is 0.605. The molecule has 0 bridgehead atoms. The van der Waals surface area contributed by atoms with E-state index in [1.807, 2.05) is 48.5 Å². The summed E-state index contributed by atoms with van der Waals surface area (Å²) < 4.78 is 26.7. The van der Waals surface area contributed by atoms with Crippen LogP contribution in [0.4, 0.5) is 0 Å². The van der Waals surface area contributed by atoms with Crippen molar-refractivity contribution >= 4 is 27.7 Å². The second-order valence-electron chi connectivity index (χ2n) is 7.31. The maximum absolute atomic E-state index is 12.6. The molecular weight excluding hydrogens is 418 g/mol. The molecule has 1 aliphatic heterocycles. The number of nitrogens with zero attached hydrogens (tertiary/aromatic N) is 2. The van der Waals surface area contributed by atoms with Gasteiger partial charge < -0.3 is 5.32 Å². The van der Waals surface area contributed by atoms with E-state index in [-0.39, 0.29) is 18.2 Å². The van der Waals surface area contributed by atoms with Crippen molar-refractivity contribution in [2.75, 3.05) is 44.2 Å². The van der Waals surface area contributed by atoms with Crippen molar-refractivity contribution in [3.8, 4) is 0 Å². The summed E-state index contributed by atoms with van der Waals surface area (Å²) in [6, 6.07) is 20.2. The van der Waals surface area contributed by atoms with Crippen molar-refractivity contribution in [2.24, 2.45) is 0 Å². The van der Waals surface area contributed by atoms with Gasteiger partial charge in [-0.3, -0.25) is 9.69 Å². The molecule has 3 rings (SSSR count). The minimum atomic E-state index is -3.35. The third-order valence-corrected chi connectivity index (χ3v) is 7.88. The van der Waals surface area contributed by atoms with E-state index in [0.717, 1.165) is 25.4 Å². The highest BCUT2D eigenvalue weighted by Crippen LogP contribution is 2.12. The van der Waals surface area contributed by atoms with Crippen LogP contribution in [0.5, 0.6) is 0 Å². The number of carbonyl (C=O) groups excluding carboxylic acids is 1. The van der Waals surface area contributed by atoms with Crippen LogP contribution in [0.3, 0.4) is 0 Å². The summed E-state index contributed by atoms with van der Waals surface area (Å²) >= 11 is 1.52. The van der Waals surface area contributed by atoms with Crippen molar-refractivity contribution in [3.63, 3.8) is 0 Å². The second-order valence-corrected chi connectivity index (χ2v) is 10.4. The highest BCUT2D eigenvalue weighted by atomic mass is 32.2. The Kier molecular flexibility index (Phi) is 8.74. The van der Waals surface area contributed by atoms with E-state index in [2.05, 4.69) is 22.3 Å². The SMILES string of the molecule is O=C(CSCc1ccccc1)NCCS(=O)(=O)N1CCN(Cc2ccccc2)CC1. The summed E-state index contributed by atoms with van der Waals surface area (Å²) in [4.78, 5) is 14.2. The van der Waals surface area contributed by atoms with Gasteiger partial charge in [0.25, 0.3) is 0 Å². The van der Waals surface area contributed by atoms with Crippen LogP contribution >= 0.6 is 11.8 Å². The van der Waals surface area contributed by atoms with Gasteiger partial charge in [0.1, 0.15) is 0 Å². The van der Waals surface area contributed by atoms with Gasteiger partial charge in [-0.25, -0.2) is 8.42 Å². The zero-order valence-electron chi connectivity index (χ0n) is 17.1. The Bertz CT molecular complexity index is 884. The van der Waals surface area contributed by atoms with Crippen molar-refractivity contribution in [2.45, 2.75) is 12.3 Å². The first-order chi connectivity index (χ1) is 14.5. The topological polar surface area (TPSA) is 69.7 Å². The normalized spacial score (nSPS) is 15.7. The molecule has 0 aromatic heterocycles. The minimum absolute atomic E-state index is 0.0548. The Morgan fingerprint density at radius 3 is 2.13 bits per heavy atom. The molecule has 1 saturated heterocycles. The van der Waals surface area contributed by atoms with Crippen LogP contribution in [0, 0.1) is 0 Å². The lowest BCUT2D eigenvalue weighted by molar-refractivity contribution is -0.118. The molecule has 1 amide bonds. The van der Waals surface area contributed by atoms with Crippen LogP contribution in [0.2, 0.25) is 0 Å². The average molecular weight is 448 g/mol. The Labute approximate surface area is 183 Å². The zero-order chi connectivity index (χ0) is 21.2. The van der Waals surface area contributed by atoms with E-state index in [4.69, 9.17) is 0 Å². The Morgan fingerprint density at radius 2 is 1.50 bits per heavy atom. The van der Waals surface area contributed by atoms with Crippen molar-refractivity contribution in [1.82, 2.24) is 14.5 Å². The van der Waals surface area contributed by atoms with Crippen molar-refractivity contribution in [3.05, 3.63) is 71.8 Å². The third kappa shape index (κ3) is 7.43. The molecule has 30 heavy (non-hydrogen) atoms. The molecule has 162 valence electrons. The zero-order valence-corrected chi connectivity index (χ0v) is 18.7. The Morgan fingerprint density at radius 1 is 0.900 bits per heavy atom. The number of carbonyl (C=O) groups is 1. The van der Waals surface area contributed by atoms with E-state index in [1.165, 1.54) is 22.9 Å². The van der Waals surface area contributed by atoms with Crippen LogP contribution in [0.25, 0.3) is 0 Å². The number of nitrogens with one attached hydrogen (secondary N) is 1. The van der Waals surface area contributed by atoms with Gasteiger partial charge in [-0.1, -0.05) is 60.7 Å². The predicted molar refractivity (Wildman–Crippen MR) is 123 cm³/mol. The molecule has 0 atom stereocenters. The third-order valence-electron chi connectivity index (χ3n) is 5.00. The van der Waals surface area contributed by atoms with Gasteiger partial charge >= 0.3 is 0 Å². The summed E-state index contributed by atoms with van der Waals surface area (Å²) in [6.45, 7) is 3.42. The number of hydrogen-bond acceptors (Lipinski definition) is 5. The summed E-state index contributed by atoms with van der Waals surface area (Å²) in [6.07, 6.45) is 0. The van der Waals surface area contributed by atoms with E-state index in [0.29, 0.717) is 18.8 Å². The number of hydrogen-bond donors (Lipinski definition) is 1. The van der Waals surface area contributed by atoms with Gasteiger partial charge in [-0.2, -0.15) is 4.31 Å². The molecule has 1 N–H and O–H groups in total. The smallest absolute Gasteiger partial charge is 0.230 e. The largest absolute Gasteiger partial charge is 0.354 e. The van der Waals surface area contributed by atoms with Crippen LogP contribution in [-0.2, 0) is 27.1 Å². The molecule has 0 spiro atoms. The number of piperazine rings is 1. The fourth-order valence-corrected chi connectivity index (χ4v) is 5.50. The Balaban J connectivity index is 1.32. The molecule has 0 radical (unpaired) electrons. The van der Waals surface area contributed by atoms with E-state index >= 15 is 0 Å². The van der Waals surface area contributed by atoms with Crippen LogP contribution in [0.15, 0.2) is 60.7 Å². The molecule has 8 heteroatoms. The number of thioether (sulfide) groups is 1. The molecule has 6 nitrogen and oxygen atoms in total. The molecule has 0 saturated carbocycles. The molecule has 0 aliphatic carbocycles. The molecule has 1 aliphatic rings. The van der Waals surface area contributed by atoms with E-state index in [1.54, 1.807) is 4.31 Å². The molecule has 2 aromatic carbocycles. The number of amides is 1. The standard InChI is InChI=1S/C22H29N3O3S2/c26-22(19-29-18-21-9-5-2-6-10-21)23-11-16-30(27,28)25-14-12-24(13-15-25)17-20-7-3-1-4-8-20/h1-10H,11-19H2,(H,23,26). The van der Waals surface area contributed by atoms with Crippen molar-refractivity contribution < 1.29 is 13.2 Å². The Hall–Kier alpha value is -1.87. The van der Waals surface area contributed by atoms with Crippen molar-refractivity contribution in [1.29, 1.82) is 0 Å². The first kappa shape index (κ1) is 22.8. The summed E-state index contributed by atoms with van der Waals surface area (Å²) in [5.41, 5.74) is 2.41. The lowest BCUT2D eigenvalue weighted by Gasteiger charge is -2.34. The highest BCUT2D eigenvalue weighted by Gasteiger charge is 2.26. The number of rotatable bonds is 10. The van der Waals surface area contributed by atoms with Crippen LogP contribution in [-0.4, -0.2) is 67.8 Å². The minimum Gasteiger partial charge on any atom is -0.354 e. The average Bonchev–Trinajstić information content (AvgIpc) is 2.75. The second kappa shape index (κ2) is 11.5. The summed E-state index contributed by atoms with van der Waals surface area (Å²) in [5, 5.41) is 2.73. The van der Waals surface area contributed by atoms with Gasteiger partial charge in [0.05, 0.1) is 11.5 Å². The number of benzene rings is 2. The maximum Gasteiger partial charge on any atom is 0.230 e. The summed E-state index contributed by atoms with van der Waals surface area (Å²) in [5.74, 6) is 0.909. The first-order valence-corrected chi connectivity index (χ1v) is 12.9. The maximum atomic E-state index is 12.6. The molecule has 1 fully saturated rings. The predicted octanol–water partition coefficient (Wildman–Crippen LogP) is 2.18. The van der Waals surface area contributed by atoms with Gasteiger partial charge in [-0.15, -0.1) is 11.8 Å². The highest BCUT2D eigenvalue weighted by molar-refractivity contribution is 7.99. The van der Waals surface area contributed by atoms with E-state index < -0.39 is 10.0 Å². The van der Waals surface area contributed by atoms with Crippen LogP contribution < -0.4 is 5.32 Å². The summed E-state index contributed by atoms with van der Waals surface area (Å²) in [7, 11) is -3.35. The van der Waals surface area contributed by atoms with E-state index in [9.17, 15) is 13.2 Å².